The Labute approximate surface area is 234 Å². The van der Waals surface area contributed by atoms with Crippen molar-refractivity contribution in [1.29, 1.82) is 0 Å². The third kappa shape index (κ3) is 6.84. The molecule has 0 aliphatic heterocycles. The Morgan fingerprint density at radius 2 is 1.74 bits per heavy atom. The molecular formula is C32H35N3O3S. The molecular weight excluding hydrogens is 506 g/mol. The first-order valence-corrected chi connectivity index (χ1v) is 14.4. The van der Waals surface area contributed by atoms with Gasteiger partial charge in [0.15, 0.2) is 0 Å². The highest BCUT2D eigenvalue weighted by atomic mass is 32.1. The second-order valence-corrected chi connectivity index (χ2v) is 12.3. The van der Waals surface area contributed by atoms with Crippen LogP contribution in [0.5, 0.6) is 0 Å². The van der Waals surface area contributed by atoms with Gasteiger partial charge in [0.05, 0.1) is 4.88 Å². The molecule has 5 rings (SSSR count). The molecule has 202 valence electrons. The van der Waals surface area contributed by atoms with E-state index in [1.165, 1.54) is 0 Å². The quantitative estimate of drug-likeness (QED) is 0.275. The van der Waals surface area contributed by atoms with Gasteiger partial charge in [-0.25, -0.2) is 4.79 Å². The number of hydrogen-bond acceptors (Lipinski definition) is 5. The number of carbonyl (C=O) groups excluding carboxylic acids is 2. The summed E-state index contributed by atoms with van der Waals surface area (Å²) in [6.07, 6.45) is 6.49. The number of amides is 2. The van der Waals surface area contributed by atoms with Crippen molar-refractivity contribution in [1.82, 2.24) is 15.2 Å². The van der Waals surface area contributed by atoms with Crippen molar-refractivity contribution >= 4 is 33.4 Å². The molecule has 1 saturated carbocycles. The zero-order valence-corrected chi connectivity index (χ0v) is 23.5. The molecule has 39 heavy (non-hydrogen) atoms. The normalized spacial score (nSPS) is 17.5. The number of hydrogen-bond donors (Lipinski definition) is 1. The lowest BCUT2D eigenvalue weighted by atomic mass is 9.89. The fourth-order valence-electron chi connectivity index (χ4n) is 5.18. The maximum Gasteiger partial charge on any atom is 0.407 e. The number of rotatable bonds is 6. The van der Waals surface area contributed by atoms with Crippen LogP contribution >= 0.6 is 11.3 Å². The number of alkyl carbamates (subject to hydrolysis) is 1. The Morgan fingerprint density at radius 1 is 0.974 bits per heavy atom. The molecule has 4 aromatic rings. The first kappa shape index (κ1) is 26.9. The van der Waals surface area contributed by atoms with Gasteiger partial charge in [-0.1, -0.05) is 42.5 Å². The Kier molecular flexibility index (Phi) is 7.98. The van der Waals surface area contributed by atoms with E-state index in [2.05, 4.69) is 40.6 Å². The molecule has 0 radical (unpaired) electrons. The van der Waals surface area contributed by atoms with E-state index in [9.17, 15) is 9.59 Å². The van der Waals surface area contributed by atoms with Gasteiger partial charge in [0, 0.05) is 35.7 Å². The van der Waals surface area contributed by atoms with E-state index in [1.54, 1.807) is 17.5 Å². The average Bonchev–Trinajstić information content (AvgIpc) is 3.36. The summed E-state index contributed by atoms with van der Waals surface area (Å²) in [5.74, 6) is 0.0616. The first-order chi connectivity index (χ1) is 18.7. The molecule has 7 heteroatoms. The minimum absolute atomic E-state index is 0.0475. The van der Waals surface area contributed by atoms with E-state index in [0.29, 0.717) is 6.54 Å². The Balaban J connectivity index is 1.36. The lowest BCUT2D eigenvalue weighted by Gasteiger charge is -2.37. The minimum atomic E-state index is -0.529. The van der Waals surface area contributed by atoms with E-state index in [-0.39, 0.29) is 24.1 Å². The van der Waals surface area contributed by atoms with Crippen molar-refractivity contribution < 1.29 is 14.3 Å². The molecule has 2 aromatic carbocycles. The van der Waals surface area contributed by atoms with Crippen LogP contribution in [0.25, 0.3) is 21.2 Å². The molecule has 2 heterocycles. The number of carbonyl (C=O) groups is 2. The molecule has 0 saturated heterocycles. The van der Waals surface area contributed by atoms with Crippen LogP contribution in [0.3, 0.4) is 0 Å². The van der Waals surface area contributed by atoms with Crippen molar-refractivity contribution in [3.63, 3.8) is 0 Å². The molecule has 1 fully saturated rings. The van der Waals surface area contributed by atoms with Gasteiger partial charge in [0.2, 0.25) is 0 Å². The van der Waals surface area contributed by atoms with E-state index in [4.69, 9.17) is 4.74 Å². The summed E-state index contributed by atoms with van der Waals surface area (Å²) in [4.78, 5) is 33.4. The number of ether oxygens (including phenoxy) is 1. The maximum absolute atomic E-state index is 14.0. The molecule has 0 bridgehead atoms. The van der Waals surface area contributed by atoms with Crippen molar-refractivity contribution in [2.45, 2.75) is 70.7 Å². The number of thiophene rings is 1. The summed E-state index contributed by atoms with van der Waals surface area (Å²) >= 11 is 1.55. The zero-order valence-electron chi connectivity index (χ0n) is 22.7. The first-order valence-electron chi connectivity index (χ1n) is 13.5. The fourth-order valence-corrected chi connectivity index (χ4v) is 6.20. The highest BCUT2D eigenvalue weighted by Crippen LogP contribution is 2.31. The third-order valence-corrected chi connectivity index (χ3v) is 8.13. The average molecular weight is 542 g/mol. The summed E-state index contributed by atoms with van der Waals surface area (Å²) in [5.41, 5.74) is 2.69. The van der Waals surface area contributed by atoms with E-state index in [1.807, 2.05) is 68.3 Å². The number of benzene rings is 2. The van der Waals surface area contributed by atoms with E-state index < -0.39 is 5.60 Å². The van der Waals surface area contributed by atoms with Gasteiger partial charge in [-0.05, 0) is 92.8 Å². The smallest absolute Gasteiger partial charge is 0.407 e. The van der Waals surface area contributed by atoms with Crippen molar-refractivity contribution in [3.8, 4) is 11.1 Å². The SMILES string of the molecule is CC(C)(C)OC(=O)NC1CCC(N(Cc2cccc(-c3cccnc3)c2)C(=O)c2cc3ccccc3s2)CC1. The van der Waals surface area contributed by atoms with E-state index in [0.717, 1.165) is 57.3 Å². The van der Waals surface area contributed by atoms with Crippen molar-refractivity contribution in [2.75, 3.05) is 0 Å². The van der Waals surface area contributed by atoms with Crippen LogP contribution in [0, 0.1) is 0 Å². The molecule has 0 unspecified atom stereocenters. The molecule has 1 aliphatic carbocycles. The Bertz CT molecular complexity index is 1400. The molecule has 2 aromatic heterocycles. The lowest BCUT2D eigenvalue weighted by Crippen LogP contribution is -2.46. The van der Waals surface area contributed by atoms with Gasteiger partial charge in [-0.15, -0.1) is 11.3 Å². The second kappa shape index (κ2) is 11.6. The van der Waals surface area contributed by atoms with Gasteiger partial charge in [0.1, 0.15) is 5.60 Å². The highest BCUT2D eigenvalue weighted by molar-refractivity contribution is 7.20. The van der Waals surface area contributed by atoms with Gasteiger partial charge in [-0.3, -0.25) is 9.78 Å². The van der Waals surface area contributed by atoms with Crippen LogP contribution in [0.2, 0.25) is 0 Å². The topological polar surface area (TPSA) is 71.5 Å². The summed E-state index contributed by atoms with van der Waals surface area (Å²) < 4.78 is 6.56. The fraction of sp³-hybridized carbons (Fsp3) is 0.344. The molecule has 0 atom stereocenters. The molecule has 2 amide bonds. The van der Waals surface area contributed by atoms with Gasteiger partial charge in [0.25, 0.3) is 5.91 Å². The predicted octanol–water partition coefficient (Wildman–Crippen LogP) is 7.44. The zero-order chi connectivity index (χ0) is 27.4. The van der Waals surface area contributed by atoms with Crippen LogP contribution in [-0.4, -0.2) is 39.6 Å². The summed E-state index contributed by atoms with van der Waals surface area (Å²) in [6, 6.07) is 22.6. The predicted molar refractivity (Wildman–Crippen MR) is 157 cm³/mol. The molecule has 6 nitrogen and oxygen atoms in total. The summed E-state index contributed by atoms with van der Waals surface area (Å²) in [6.45, 7) is 6.12. The largest absolute Gasteiger partial charge is 0.444 e. The van der Waals surface area contributed by atoms with Crippen molar-refractivity contribution in [2.24, 2.45) is 0 Å². The van der Waals surface area contributed by atoms with Gasteiger partial charge < -0.3 is 15.0 Å². The third-order valence-electron chi connectivity index (χ3n) is 7.03. The van der Waals surface area contributed by atoms with Gasteiger partial charge >= 0.3 is 6.09 Å². The van der Waals surface area contributed by atoms with E-state index >= 15 is 0 Å². The van der Waals surface area contributed by atoms with Crippen LogP contribution in [0.4, 0.5) is 4.79 Å². The van der Waals surface area contributed by atoms with Crippen LogP contribution < -0.4 is 5.32 Å². The van der Waals surface area contributed by atoms with Crippen LogP contribution in [0.1, 0.15) is 61.7 Å². The maximum atomic E-state index is 14.0. The monoisotopic (exact) mass is 541 g/mol. The molecule has 1 aliphatic rings. The number of pyridine rings is 1. The van der Waals surface area contributed by atoms with Gasteiger partial charge in [-0.2, -0.15) is 0 Å². The summed E-state index contributed by atoms with van der Waals surface area (Å²) in [5, 5.41) is 4.11. The number of nitrogens with zero attached hydrogens (tertiary/aromatic N) is 2. The molecule has 1 N–H and O–H groups in total. The molecule has 0 spiro atoms. The summed E-state index contributed by atoms with van der Waals surface area (Å²) in [7, 11) is 0. The second-order valence-electron chi connectivity index (χ2n) is 11.2. The number of aromatic nitrogens is 1. The van der Waals surface area contributed by atoms with Crippen LogP contribution in [-0.2, 0) is 11.3 Å². The van der Waals surface area contributed by atoms with Crippen molar-refractivity contribution in [3.05, 3.63) is 89.6 Å². The number of nitrogens with one attached hydrogen (secondary N) is 1. The van der Waals surface area contributed by atoms with Crippen LogP contribution in [0.15, 0.2) is 79.1 Å². The standard InChI is InChI=1S/C32H35N3O3S/c1-32(2,3)38-31(37)34-26-13-15-27(16-14-26)35(30(36)29-19-24-9-4-5-12-28(24)39-29)21-22-8-6-10-23(18-22)25-11-7-17-33-20-25/h4-12,17-20,26-27H,13-16,21H2,1-3H3,(H,34,37). The minimum Gasteiger partial charge on any atom is -0.444 e. The number of fused-ring (bicyclic) bond motifs is 1. The lowest BCUT2D eigenvalue weighted by molar-refractivity contribution is 0.0454. The Hall–Kier alpha value is -3.71. The highest BCUT2D eigenvalue weighted by Gasteiger charge is 2.31. The Morgan fingerprint density at radius 3 is 2.46 bits per heavy atom.